The minimum Gasteiger partial charge on any atom is -0.497 e. The van der Waals surface area contributed by atoms with E-state index in [4.69, 9.17) is 15.2 Å². The van der Waals surface area contributed by atoms with E-state index in [2.05, 4.69) is 4.98 Å². The molecule has 2 saturated heterocycles. The normalized spacial score (nSPS) is 20.8. The van der Waals surface area contributed by atoms with E-state index in [-0.39, 0.29) is 36.0 Å². The first-order valence-corrected chi connectivity index (χ1v) is 10.6. The summed E-state index contributed by atoms with van der Waals surface area (Å²) in [6, 6.07) is 10.4. The monoisotopic (exact) mass is 438 g/mol. The Morgan fingerprint density at radius 3 is 2.62 bits per heavy atom. The molecule has 9 heteroatoms. The number of methoxy groups -OCH3 is 1. The van der Waals surface area contributed by atoms with Crippen LogP contribution in [0.25, 0.3) is 0 Å². The number of nitrogens with zero attached hydrogens (tertiary/aromatic N) is 3. The van der Waals surface area contributed by atoms with Crippen molar-refractivity contribution in [1.82, 2.24) is 9.88 Å². The van der Waals surface area contributed by atoms with Crippen LogP contribution in [0.3, 0.4) is 0 Å². The number of piperidine rings is 1. The van der Waals surface area contributed by atoms with E-state index in [0.717, 1.165) is 18.5 Å². The molecular formula is C23H26N4O5. The Hall–Kier alpha value is -3.62. The van der Waals surface area contributed by atoms with E-state index in [1.54, 1.807) is 35.1 Å². The third-order valence-electron chi connectivity index (χ3n) is 5.83. The Morgan fingerprint density at radius 1 is 1.12 bits per heavy atom. The van der Waals surface area contributed by atoms with Gasteiger partial charge in [0.05, 0.1) is 19.6 Å². The van der Waals surface area contributed by atoms with Crippen LogP contribution < -0.4 is 20.1 Å². The number of carbonyl (C=O) groups excluding carboxylic acids is 3. The van der Waals surface area contributed by atoms with Crippen molar-refractivity contribution < 1.29 is 23.9 Å². The molecule has 1 aromatic carbocycles. The minimum atomic E-state index is -0.622. The molecule has 2 fully saturated rings. The quantitative estimate of drug-likeness (QED) is 0.733. The number of nitrogens with two attached hydrogens (primary N) is 1. The van der Waals surface area contributed by atoms with E-state index < -0.39 is 5.91 Å². The van der Waals surface area contributed by atoms with Gasteiger partial charge in [0.25, 0.3) is 5.91 Å². The van der Waals surface area contributed by atoms with Crippen LogP contribution in [0, 0.1) is 5.92 Å². The number of carbonyl (C=O) groups is 3. The molecule has 168 valence electrons. The van der Waals surface area contributed by atoms with Crippen LogP contribution in [-0.2, 0) is 9.59 Å². The SMILES string of the molecule is COc1ccc(N2CC(C(=O)N3CCCC(Oc4ccnc(C(N)=O)c4)C3)CC2=O)cc1. The van der Waals surface area contributed by atoms with Gasteiger partial charge in [0.15, 0.2) is 0 Å². The van der Waals surface area contributed by atoms with Gasteiger partial charge in [-0.05, 0) is 43.2 Å². The second-order valence-corrected chi connectivity index (χ2v) is 8.01. The first-order chi connectivity index (χ1) is 15.4. The largest absolute Gasteiger partial charge is 0.497 e. The van der Waals surface area contributed by atoms with Crippen molar-refractivity contribution in [2.45, 2.75) is 25.4 Å². The highest BCUT2D eigenvalue weighted by molar-refractivity contribution is 6.00. The summed E-state index contributed by atoms with van der Waals surface area (Å²) in [5, 5.41) is 0. The molecular weight excluding hydrogens is 412 g/mol. The predicted molar refractivity (Wildman–Crippen MR) is 116 cm³/mol. The van der Waals surface area contributed by atoms with Gasteiger partial charge in [-0.15, -0.1) is 0 Å². The van der Waals surface area contributed by atoms with Gasteiger partial charge in [0.2, 0.25) is 11.8 Å². The number of ether oxygens (including phenoxy) is 2. The summed E-state index contributed by atoms with van der Waals surface area (Å²) in [7, 11) is 1.59. The molecule has 2 aliphatic rings. The van der Waals surface area contributed by atoms with E-state index in [1.807, 2.05) is 12.1 Å². The van der Waals surface area contributed by atoms with Crippen molar-refractivity contribution in [3.05, 3.63) is 48.3 Å². The standard InChI is InChI=1S/C23H26N4O5/c1-31-17-6-4-16(5-7-17)27-13-15(11-21(27)28)23(30)26-10-2-3-19(14-26)32-18-8-9-25-20(12-18)22(24)29/h4-9,12,15,19H,2-3,10-11,13-14H2,1H3,(H2,24,29). The summed E-state index contributed by atoms with van der Waals surface area (Å²) < 4.78 is 11.2. The maximum Gasteiger partial charge on any atom is 0.267 e. The molecule has 3 heterocycles. The Bertz CT molecular complexity index is 1010. The number of amides is 3. The topological polar surface area (TPSA) is 115 Å². The maximum atomic E-state index is 13.2. The van der Waals surface area contributed by atoms with Gasteiger partial charge in [-0.25, -0.2) is 0 Å². The Balaban J connectivity index is 1.38. The van der Waals surface area contributed by atoms with Crippen LogP contribution in [0.5, 0.6) is 11.5 Å². The third-order valence-corrected chi connectivity index (χ3v) is 5.83. The van der Waals surface area contributed by atoms with E-state index in [9.17, 15) is 14.4 Å². The molecule has 2 N–H and O–H groups in total. The fraction of sp³-hybridized carbons (Fsp3) is 0.391. The van der Waals surface area contributed by atoms with Gasteiger partial charge in [0.1, 0.15) is 23.3 Å². The molecule has 0 bridgehead atoms. The summed E-state index contributed by atoms with van der Waals surface area (Å²) in [5.41, 5.74) is 6.17. The van der Waals surface area contributed by atoms with E-state index in [1.165, 1.54) is 12.3 Å². The van der Waals surface area contributed by atoms with Gasteiger partial charge in [-0.3, -0.25) is 19.4 Å². The van der Waals surface area contributed by atoms with Crippen molar-refractivity contribution >= 4 is 23.4 Å². The van der Waals surface area contributed by atoms with Crippen LogP contribution in [0.15, 0.2) is 42.6 Å². The van der Waals surface area contributed by atoms with Gasteiger partial charge < -0.3 is 25.0 Å². The first kappa shape index (κ1) is 21.6. The molecule has 0 spiro atoms. The number of primary amides is 1. The number of likely N-dealkylation sites (tertiary alicyclic amines) is 1. The Labute approximate surface area is 186 Å². The van der Waals surface area contributed by atoms with Gasteiger partial charge >= 0.3 is 0 Å². The van der Waals surface area contributed by atoms with Crippen molar-refractivity contribution in [3.8, 4) is 11.5 Å². The lowest BCUT2D eigenvalue weighted by atomic mass is 10.0. The average molecular weight is 438 g/mol. The number of anilines is 1. The summed E-state index contributed by atoms with van der Waals surface area (Å²) in [6.07, 6.45) is 3.05. The number of benzene rings is 1. The molecule has 0 aliphatic carbocycles. The van der Waals surface area contributed by atoms with Gasteiger partial charge in [0, 0.05) is 37.5 Å². The number of rotatable bonds is 6. The van der Waals surface area contributed by atoms with Crippen LogP contribution in [0.2, 0.25) is 0 Å². The zero-order valence-electron chi connectivity index (χ0n) is 17.9. The number of aromatic nitrogens is 1. The van der Waals surface area contributed by atoms with Crippen LogP contribution in [0.1, 0.15) is 29.8 Å². The minimum absolute atomic E-state index is 0.0322. The first-order valence-electron chi connectivity index (χ1n) is 10.6. The number of pyridine rings is 1. The second-order valence-electron chi connectivity index (χ2n) is 8.01. The summed E-state index contributed by atoms with van der Waals surface area (Å²) in [4.78, 5) is 44.4. The molecule has 4 rings (SSSR count). The Kier molecular flexibility index (Phi) is 6.25. The highest BCUT2D eigenvalue weighted by Crippen LogP contribution is 2.29. The molecule has 9 nitrogen and oxygen atoms in total. The molecule has 2 unspecified atom stereocenters. The third kappa shape index (κ3) is 4.66. The maximum absolute atomic E-state index is 13.2. The second kappa shape index (κ2) is 9.25. The molecule has 2 aliphatic heterocycles. The lowest BCUT2D eigenvalue weighted by molar-refractivity contribution is -0.138. The lowest BCUT2D eigenvalue weighted by Gasteiger charge is -2.34. The molecule has 1 aromatic heterocycles. The fourth-order valence-corrected chi connectivity index (χ4v) is 4.19. The van der Waals surface area contributed by atoms with Gasteiger partial charge in [-0.2, -0.15) is 0 Å². The number of hydrogen-bond acceptors (Lipinski definition) is 6. The molecule has 2 atom stereocenters. The highest BCUT2D eigenvalue weighted by Gasteiger charge is 2.38. The number of hydrogen-bond donors (Lipinski definition) is 1. The zero-order valence-corrected chi connectivity index (χ0v) is 17.9. The summed E-state index contributed by atoms with van der Waals surface area (Å²) >= 11 is 0. The van der Waals surface area contributed by atoms with Crippen LogP contribution in [0.4, 0.5) is 5.69 Å². The molecule has 0 saturated carbocycles. The lowest BCUT2D eigenvalue weighted by Crippen LogP contribution is -2.47. The highest BCUT2D eigenvalue weighted by atomic mass is 16.5. The predicted octanol–water partition coefficient (Wildman–Crippen LogP) is 1.61. The van der Waals surface area contributed by atoms with Crippen molar-refractivity contribution in [2.24, 2.45) is 11.7 Å². The molecule has 2 aromatic rings. The van der Waals surface area contributed by atoms with E-state index in [0.29, 0.717) is 31.1 Å². The molecule has 32 heavy (non-hydrogen) atoms. The average Bonchev–Trinajstić information content (AvgIpc) is 3.20. The van der Waals surface area contributed by atoms with Crippen molar-refractivity contribution in [2.75, 3.05) is 31.6 Å². The van der Waals surface area contributed by atoms with Gasteiger partial charge in [-0.1, -0.05) is 0 Å². The molecule has 3 amide bonds. The smallest absolute Gasteiger partial charge is 0.267 e. The van der Waals surface area contributed by atoms with E-state index >= 15 is 0 Å². The Morgan fingerprint density at radius 2 is 1.91 bits per heavy atom. The summed E-state index contributed by atoms with van der Waals surface area (Å²) in [5.74, 6) is 0.109. The van der Waals surface area contributed by atoms with Crippen LogP contribution >= 0.6 is 0 Å². The van der Waals surface area contributed by atoms with Crippen LogP contribution in [-0.4, -0.2) is 60.5 Å². The summed E-state index contributed by atoms with van der Waals surface area (Å²) in [6.45, 7) is 1.42. The van der Waals surface area contributed by atoms with Crippen molar-refractivity contribution in [3.63, 3.8) is 0 Å². The van der Waals surface area contributed by atoms with Crippen molar-refractivity contribution in [1.29, 1.82) is 0 Å². The fourth-order valence-electron chi connectivity index (χ4n) is 4.19. The molecule has 0 radical (unpaired) electrons. The zero-order chi connectivity index (χ0) is 22.7.